The second-order valence-electron chi connectivity index (χ2n) is 4.84. The first-order valence-corrected chi connectivity index (χ1v) is 6.96. The van der Waals surface area contributed by atoms with Gasteiger partial charge in [-0.05, 0) is 19.9 Å². The summed E-state index contributed by atoms with van der Waals surface area (Å²) in [5.41, 5.74) is 0. The highest BCUT2D eigenvalue weighted by Gasteiger charge is 2.08. The van der Waals surface area contributed by atoms with Crippen LogP contribution in [-0.4, -0.2) is 16.1 Å². The van der Waals surface area contributed by atoms with Gasteiger partial charge in [0.1, 0.15) is 5.82 Å². The Labute approximate surface area is 106 Å². The Bertz CT molecular complexity index is 293. The van der Waals surface area contributed by atoms with Crippen LogP contribution in [0, 0.1) is 0 Å². The van der Waals surface area contributed by atoms with Crippen molar-refractivity contribution in [1.29, 1.82) is 0 Å². The van der Waals surface area contributed by atoms with Gasteiger partial charge in [0, 0.05) is 19.4 Å². The van der Waals surface area contributed by atoms with Crippen LogP contribution in [0.5, 0.6) is 0 Å². The van der Waals surface area contributed by atoms with E-state index >= 15 is 0 Å². The molecule has 3 nitrogen and oxygen atoms in total. The summed E-state index contributed by atoms with van der Waals surface area (Å²) in [6.45, 7) is 5.54. The zero-order valence-corrected chi connectivity index (χ0v) is 11.6. The number of unbranched alkanes of at least 4 members (excludes halogenated alkanes) is 5. The van der Waals surface area contributed by atoms with Crippen molar-refractivity contribution in [3.63, 3.8) is 0 Å². The third-order valence-corrected chi connectivity index (χ3v) is 3.23. The quantitative estimate of drug-likeness (QED) is 0.667. The van der Waals surface area contributed by atoms with Crippen molar-refractivity contribution >= 4 is 0 Å². The molecule has 0 saturated carbocycles. The van der Waals surface area contributed by atoms with Crippen molar-refractivity contribution in [1.82, 2.24) is 14.9 Å². The molecule has 1 aromatic heterocycles. The molecule has 0 aliphatic rings. The summed E-state index contributed by atoms with van der Waals surface area (Å²) in [5.74, 6) is 1.12. The number of nitrogens with one attached hydrogen (secondary N) is 1. The van der Waals surface area contributed by atoms with Crippen LogP contribution < -0.4 is 5.32 Å². The number of imidazole rings is 1. The van der Waals surface area contributed by atoms with E-state index in [1.165, 1.54) is 38.5 Å². The second kappa shape index (κ2) is 8.29. The van der Waals surface area contributed by atoms with Crippen molar-refractivity contribution in [2.75, 3.05) is 6.54 Å². The molecule has 0 aliphatic carbocycles. The number of rotatable bonds is 9. The predicted molar refractivity (Wildman–Crippen MR) is 73.0 cm³/mol. The third-order valence-electron chi connectivity index (χ3n) is 3.23. The summed E-state index contributed by atoms with van der Waals surface area (Å²) >= 11 is 0. The highest BCUT2D eigenvalue weighted by molar-refractivity contribution is 4.96. The SMILES string of the molecule is CCCCCCCCNC(C)c1nccn1C. The maximum absolute atomic E-state index is 4.36. The highest BCUT2D eigenvalue weighted by atomic mass is 15.1. The maximum Gasteiger partial charge on any atom is 0.125 e. The maximum atomic E-state index is 4.36. The Morgan fingerprint density at radius 1 is 1.24 bits per heavy atom. The van der Waals surface area contributed by atoms with Crippen molar-refractivity contribution in [3.8, 4) is 0 Å². The number of aromatic nitrogens is 2. The Morgan fingerprint density at radius 2 is 1.94 bits per heavy atom. The molecule has 0 saturated heterocycles. The van der Waals surface area contributed by atoms with Crippen LogP contribution in [0.15, 0.2) is 12.4 Å². The fraction of sp³-hybridized carbons (Fsp3) is 0.786. The standard InChI is InChI=1S/C14H27N3/c1-4-5-6-7-8-9-10-15-13(2)14-16-11-12-17(14)3/h11-13,15H,4-10H2,1-3H3. The lowest BCUT2D eigenvalue weighted by molar-refractivity contribution is 0.502. The molecule has 17 heavy (non-hydrogen) atoms. The lowest BCUT2D eigenvalue weighted by Gasteiger charge is -2.13. The Hall–Kier alpha value is -0.830. The van der Waals surface area contributed by atoms with Crippen molar-refractivity contribution in [2.24, 2.45) is 7.05 Å². The van der Waals surface area contributed by atoms with Gasteiger partial charge < -0.3 is 9.88 Å². The first kappa shape index (κ1) is 14.2. The van der Waals surface area contributed by atoms with Gasteiger partial charge in [0.25, 0.3) is 0 Å². The third kappa shape index (κ3) is 5.35. The van der Waals surface area contributed by atoms with E-state index in [0.717, 1.165) is 12.4 Å². The van der Waals surface area contributed by atoms with Gasteiger partial charge in [0.15, 0.2) is 0 Å². The molecule has 1 unspecified atom stereocenters. The molecule has 0 fully saturated rings. The van der Waals surface area contributed by atoms with Gasteiger partial charge in [-0.1, -0.05) is 39.0 Å². The molecule has 98 valence electrons. The lowest BCUT2D eigenvalue weighted by atomic mass is 10.1. The summed E-state index contributed by atoms with van der Waals surface area (Å²) in [6, 6.07) is 0.352. The molecule has 0 spiro atoms. The van der Waals surface area contributed by atoms with Gasteiger partial charge in [0.2, 0.25) is 0 Å². The molecule has 1 aromatic rings. The van der Waals surface area contributed by atoms with Crippen LogP contribution in [0.1, 0.15) is 64.2 Å². The second-order valence-corrected chi connectivity index (χ2v) is 4.84. The predicted octanol–water partition coefficient (Wildman–Crippen LogP) is 3.43. The first-order chi connectivity index (χ1) is 8.25. The van der Waals surface area contributed by atoms with Crippen LogP contribution in [-0.2, 0) is 7.05 Å². The van der Waals surface area contributed by atoms with E-state index in [2.05, 4.69) is 28.7 Å². The fourth-order valence-electron chi connectivity index (χ4n) is 2.11. The Morgan fingerprint density at radius 3 is 2.59 bits per heavy atom. The molecule has 1 heterocycles. The normalized spacial score (nSPS) is 12.9. The number of hydrogen-bond acceptors (Lipinski definition) is 2. The summed E-state index contributed by atoms with van der Waals surface area (Å²) in [7, 11) is 2.05. The average molecular weight is 237 g/mol. The summed E-state index contributed by atoms with van der Waals surface area (Å²) in [5, 5.41) is 3.53. The smallest absolute Gasteiger partial charge is 0.125 e. The van der Waals surface area contributed by atoms with E-state index in [0.29, 0.717) is 6.04 Å². The van der Waals surface area contributed by atoms with Crippen molar-refractivity contribution < 1.29 is 0 Å². The first-order valence-electron chi connectivity index (χ1n) is 6.96. The highest BCUT2D eigenvalue weighted by Crippen LogP contribution is 2.09. The van der Waals surface area contributed by atoms with E-state index in [9.17, 15) is 0 Å². The summed E-state index contributed by atoms with van der Waals surface area (Å²) in [6.07, 6.45) is 12.0. The molecule has 1 atom stereocenters. The van der Waals surface area contributed by atoms with Crippen LogP contribution in [0.2, 0.25) is 0 Å². The van der Waals surface area contributed by atoms with Crippen molar-refractivity contribution in [3.05, 3.63) is 18.2 Å². The molecule has 1 N–H and O–H groups in total. The molecule has 0 amide bonds. The fourth-order valence-corrected chi connectivity index (χ4v) is 2.11. The van der Waals surface area contributed by atoms with Crippen molar-refractivity contribution in [2.45, 2.75) is 58.4 Å². The number of aryl methyl sites for hydroxylation is 1. The minimum absolute atomic E-state index is 0.352. The Balaban J connectivity index is 2.05. The zero-order chi connectivity index (χ0) is 12.5. The molecular formula is C14H27N3. The van der Waals surface area contributed by atoms with Gasteiger partial charge in [0.05, 0.1) is 6.04 Å². The van der Waals surface area contributed by atoms with E-state index in [-0.39, 0.29) is 0 Å². The Kier molecular flexibility index (Phi) is 6.94. The minimum atomic E-state index is 0.352. The van der Waals surface area contributed by atoms with Gasteiger partial charge in [-0.15, -0.1) is 0 Å². The van der Waals surface area contributed by atoms with E-state index in [1.807, 2.05) is 19.4 Å². The molecule has 0 aromatic carbocycles. The zero-order valence-electron chi connectivity index (χ0n) is 11.6. The van der Waals surface area contributed by atoms with E-state index in [1.54, 1.807) is 0 Å². The molecule has 0 bridgehead atoms. The molecule has 1 rings (SSSR count). The van der Waals surface area contributed by atoms with Crippen LogP contribution in [0.25, 0.3) is 0 Å². The number of hydrogen-bond donors (Lipinski definition) is 1. The van der Waals surface area contributed by atoms with E-state index in [4.69, 9.17) is 0 Å². The summed E-state index contributed by atoms with van der Waals surface area (Å²) in [4.78, 5) is 4.36. The molecular weight excluding hydrogens is 210 g/mol. The largest absolute Gasteiger partial charge is 0.337 e. The monoisotopic (exact) mass is 237 g/mol. The van der Waals surface area contributed by atoms with Gasteiger partial charge >= 0.3 is 0 Å². The lowest BCUT2D eigenvalue weighted by Crippen LogP contribution is -2.22. The molecule has 0 radical (unpaired) electrons. The summed E-state index contributed by atoms with van der Waals surface area (Å²) < 4.78 is 2.08. The molecule has 3 heteroatoms. The van der Waals surface area contributed by atoms with Crippen LogP contribution >= 0.6 is 0 Å². The van der Waals surface area contributed by atoms with Crippen LogP contribution in [0.4, 0.5) is 0 Å². The van der Waals surface area contributed by atoms with E-state index < -0.39 is 0 Å². The number of nitrogens with zero attached hydrogens (tertiary/aromatic N) is 2. The van der Waals surface area contributed by atoms with Gasteiger partial charge in [-0.25, -0.2) is 4.98 Å². The van der Waals surface area contributed by atoms with Crippen LogP contribution in [0.3, 0.4) is 0 Å². The molecule has 0 aliphatic heterocycles. The van der Waals surface area contributed by atoms with Gasteiger partial charge in [-0.2, -0.15) is 0 Å². The topological polar surface area (TPSA) is 29.9 Å². The average Bonchev–Trinajstić information content (AvgIpc) is 2.74. The van der Waals surface area contributed by atoms with Gasteiger partial charge in [-0.3, -0.25) is 0 Å². The minimum Gasteiger partial charge on any atom is -0.337 e.